The summed E-state index contributed by atoms with van der Waals surface area (Å²) < 4.78 is 25.6. The molecule has 2 aliphatic heterocycles. The van der Waals surface area contributed by atoms with Crippen LogP contribution >= 0.6 is 11.6 Å². The fourth-order valence-electron chi connectivity index (χ4n) is 8.23. The van der Waals surface area contributed by atoms with Gasteiger partial charge in [-0.05, 0) is 56.0 Å². The summed E-state index contributed by atoms with van der Waals surface area (Å²) in [5, 5.41) is 10.2. The predicted octanol–water partition coefficient (Wildman–Crippen LogP) is 5.64. The van der Waals surface area contributed by atoms with Gasteiger partial charge in [-0.15, -0.1) is 0 Å². The Balaban J connectivity index is 1.43. The number of ether oxygens (including phenoxy) is 2. The Bertz CT molecular complexity index is 1840. The SMILES string of the molecule is COc1cc(O)cc(OC)c1[C@H]1C2=CC[C@@H]3C(=O)N(c4ccccc4)C(=O)[C@@H]3[C@@H]2C[C@H]2C(=O)N(c3ccc(F)c(Cl)c3)C(=O)[C@@]12C. The van der Waals surface area contributed by atoms with Gasteiger partial charge in [0.05, 0.1) is 53.8 Å². The Labute approximate surface area is 269 Å². The molecule has 11 heteroatoms. The summed E-state index contributed by atoms with van der Waals surface area (Å²) in [7, 11) is 2.85. The molecule has 2 heterocycles. The number of aromatic hydroxyl groups is 1. The molecule has 4 aliphatic rings. The Morgan fingerprint density at radius 3 is 2.17 bits per heavy atom. The van der Waals surface area contributed by atoms with Crippen LogP contribution in [0, 0.1) is 34.9 Å². The number of amides is 4. The molecule has 0 spiro atoms. The molecule has 4 amide bonds. The third-order valence-electron chi connectivity index (χ3n) is 10.3. The van der Waals surface area contributed by atoms with E-state index in [-0.39, 0.29) is 52.6 Å². The van der Waals surface area contributed by atoms with Gasteiger partial charge >= 0.3 is 0 Å². The van der Waals surface area contributed by atoms with Crippen LogP contribution in [0.5, 0.6) is 17.2 Å². The maximum Gasteiger partial charge on any atom is 0.241 e. The first-order valence-electron chi connectivity index (χ1n) is 14.9. The second-order valence-corrected chi connectivity index (χ2v) is 12.8. The number of hydrogen-bond donors (Lipinski definition) is 1. The van der Waals surface area contributed by atoms with E-state index in [4.69, 9.17) is 21.1 Å². The topological polar surface area (TPSA) is 113 Å². The van der Waals surface area contributed by atoms with Gasteiger partial charge in [0.25, 0.3) is 0 Å². The molecule has 1 N–H and O–H groups in total. The van der Waals surface area contributed by atoms with Crippen molar-refractivity contribution in [2.45, 2.75) is 25.7 Å². The van der Waals surface area contributed by atoms with Crippen molar-refractivity contribution < 1.29 is 38.1 Å². The van der Waals surface area contributed by atoms with Crippen molar-refractivity contribution in [1.29, 1.82) is 0 Å². The van der Waals surface area contributed by atoms with Gasteiger partial charge in [0.2, 0.25) is 23.6 Å². The van der Waals surface area contributed by atoms with Crippen LogP contribution in [-0.4, -0.2) is 43.0 Å². The Morgan fingerprint density at radius 1 is 0.870 bits per heavy atom. The summed E-state index contributed by atoms with van der Waals surface area (Å²) >= 11 is 6.08. The zero-order valence-electron chi connectivity index (χ0n) is 25.2. The highest BCUT2D eigenvalue weighted by atomic mass is 35.5. The lowest BCUT2D eigenvalue weighted by Gasteiger charge is -2.49. The number of fused-ring (bicyclic) bond motifs is 4. The fraction of sp³-hybridized carbons (Fsp3) is 0.314. The van der Waals surface area contributed by atoms with E-state index in [9.17, 15) is 28.7 Å². The monoisotopic (exact) mass is 644 g/mol. The smallest absolute Gasteiger partial charge is 0.241 e. The summed E-state index contributed by atoms with van der Waals surface area (Å²) in [5.74, 6) is -5.87. The second-order valence-electron chi connectivity index (χ2n) is 12.4. The number of benzene rings is 3. The highest BCUT2D eigenvalue weighted by molar-refractivity contribution is 6.32. The normalized spacial score (nSPS) is 28.5. The van der Waals surface area contributed by atoms with Crippen molar-refractivity contribution in [2.24, 2.45) is 29.1 Å². The first-order chi connectivity index (χ1) is 22.0. The quantitative estimate of drug-likeness (QED) is 0.283. The fourth-order valence-corrected chi connectivity index (χ4v) is 8.41. The van der Waals surface area contributed by atoms with Gasteiger partial charge in [-0.3, -0.25) is 24.1 Å². The van der Waals surface area contributed by atoms with E-state index in [1.54, 1.807) is 37.3 Å². The lowest BCUT2D eigenvalue weighted by atomic mass is 9.51. The summed E-state index contributed by atoms with van der Waals surface area (Å²) in [4.78, 5) is 59.2. The van der Waals surface area contributed by atoms with Crippen molar-refractivity contribution >= 4 is 46.6 Å². The van der Waals surface area contributed by atoms with E-state index in [0.29, 0.717) is 11.3 Å². The van der Waals surface area contributed by atoms with Crippen LogP contribution in [0.2, 0.25) is 5.02 Å². The highest BCUT2D eigenvalue weighted by Gasteiger charge is 2.68. The minimum absolute atomic E-state index is 0.123. The zero-order valence-corrected chi connectivity index (χ0v) is 26.0. The molecule has 0 unspecified atom stereocenters. The lowest BCUT2D eigenvalue weighted by Crippen LogP contribution is -2.49. The number of carbonyl (C=O) groups excluding carboxylic acids is 4. The molecule has 2 aliphatic carbocycles. The minimum Gasteiger partial charge on any atom is -0.508 e. The van der Waals surface area contributed by atoms with Gasteiger partial charge < -0.3 is 14.6 Å². The van der Waals surface area contributed by atoms with Gasteiger partial charge in [-0.2, -0.15) is 0 Å². The molecule has 9 nitrogen and oxygen atoms in total. The van der Waals surface area contributed by atoms with E-state index in [2.05, 4.69) is 0 Å². The van der Waals surface area contributed by atoms with Gasteiger partial charge in [0.1, 0.15) is 23.1 Å². The number of phenols is 1. The number of para-hydroxylation sites is 1. The Morgan fingerprint density at radius 2 is 1.54 bits per heavy atom. The van der Waals surface area contributed by atoms with Crippen LogP contribution in [-0.2, 0) is 19.2 Å². The molecule has 3 fully saturated rings. The van der Waals surface area contributed by atoms with Crippen LogP contribution in [0.1, 0.15) is 31.2 Å². The molecule has 7 rings (SSSR count). The van der Waals surface area contributed by atoms with Gasteiger partial charge in [0, 0.05) is 23.6 Å². The number of hydrogen-bond acceptors (Lipinski definition) is 7. The van der Waals surface area contributed by atoms with Crippen LogP contribution < -0.4 is 19.3 Å². The number of allylic oxidation sites excluding steroid dienone is 2. The third-order valence-corrected chi connectivity index (χ3v) is 10.6. The molecule has 2 saturated heterocycles. The van der Waals surface area contributed by atoms with Crippen LogP contribution in [0.3, 0.4) is 0 Å². The van der Waals surface area contributed by atoms with Gasteiger partial charge in [0.15, 0.2) is 0 Å². The number of carbonyl (C=O) groups is 4. The summed E-state index contributed by atoms with van der Waals surface area (Å²) in [6.07, 6.45) is 2.29. The van der Waals surface area contributed by atoms with E-state index >= 15 is 0 Å². The second kappa shape index (κ2) is 10.7. The number of anilines is 2. The number of nitrogens with zero attached hydrogens (tertiary/aromatic N) is 2. The molecule has 236 valence electrons. The van der Waals surface area contributed by atoms with Crippen molar-refractivity contribution in [1.82, 2.24) is 0 Å². The lowest BCUT2D eigenvalue weighted by molar-refractivity contribution is -0.131. The number of imide groups is 2. The molecule has 0 bridgehead atoms. The third kappa shape index (κ3) is 4.05. The number of methoxy groups -OCH3 is 2. The van der Waals surface area contributed by atoms with E-state index in [1.807, 2.05) is 6.08 Å². The zero-order chi connectivity index (χ0) is 32.7. The molecular formula is C35H30ClFN2O7. The first kappa shape index (κ1) is 30.0. The molecule has 0 aromatic heterocycles. The summed E-state index contributed by atoms with van der Waals surface area (Å²) in [6.45, 7) is 1.71. The summed E-state index contributed by atoms with van der Waals surface area (Å²) in [5.41, 5.74) is 0.326. The predicted molar refractivity (Wildman–Crippen MR) is 166 cm³/mol. The molecule has 1 saturated carbocycles. The summed E-state index contributed by atoms with van der Waals surface area (Å²) in [6, 6.07) is 15.2. The Hall–Kier alpha value is -4.70. The molecule has 0 radical (unpaired) electrons. The molecule has 6 atom stereocenters. The first-order valence-corrected chi connectivity index (χ1v) is 15.3. The van der Waals surface area contributed by atoms with Crippen LogP contribution in [0.4, 0.5) is 15.8 Å². The highest BCUT2D eigenvalue weighted by Crippen LogP contribution is 2.65. The van der Waals surface area contributed by atoms with Gasteiger partial charge in [-0.1, -0.05) is 41.4 Å². The average molecular weight is 645 g/mol. The number of phenolic OH excluding ortho intramolecular Hbond substituents is 1. The number of halogens is 2. The number of rotatable bonds is 5. The maximum absolute atomic E-state index is 14.7. The van der Waals surface area contributed by atoms with Crippen molar-refractivity contribution in [3.05, 3.63) is 88.7 Å². The van der Waals surface area contributed by atoms with Crippen LogP contribution in [0.15, 0.2) is 72.3 Å². The average Bonchev–Trinajstić information content (AvgIpc) is 3.42. The largest absolute Gasteiger partial charge is 0.508 e. The minimum atomic E-state index is -1.42. The molecule has 3 aromatic carbocycles. The van der Waals surface area contributed by atoms with E-state index in [0.717, 1.165) is 16.5 Å². The molecular weight excluding hydrogens is 615 g/mol. The van der Waals surface area contributed by atoms with E-state index < -0.39 is 52.6 Å². The maximum atomic E-state index is 14.7. The van der Waals surface area contributed by atoms with Crippen molar-refractivity contribution in [2.75, 3.05) is 24.0 Å². The van der Waals surface area contributed by atoms with Gasteiger partial charge in [-0.25, -0.2) is 9.29 Å². The van der Waals surface area contributed by atoms with E-state index in [1.165, 1.54) is 43.4 Å². The molecule has 3 aromatic rings. The Kier molecular flexibility index (Phi) is 6.97. The standard InChI is InChI=1S/C35H30ClFN2O7/c1-35-23(32(42)39(34(35)44)18-9-12-25(37)24(36)13-18)16-22-20(30(35)29-26(45-2)14-19(40)15-27(29)46-3)10-11-21-28(22)33(43)38(31(21)41)17-7-5-4-6-8-17/h4-10,12-15,21-23,28,30,40H,11,16H2,1-3H3/t21-,22+,23-,28-,30+,35+/m0/s1. The molecule has 46 heavy (non-hydrogen) atoms. The van der Waals surface area contributed by atoms with Crippen LogP contribution in [0.25, 0.3) is 0 Å². The van der Waals surface area contributed by atoms with Crippen molar-refractivity contribution in [3.8, 4) is 17.2 Å². The van der Waals surface area contributed by atoms with Crippen molar-refractivity contribution in [3.63, 3.8) is 0 Å².